The van der Waals surface area contributed by atoms with E-state index in [9.17, 15) is 15.0 Å². The van der Waals surface area contributed by atoms with Crippen LogP contribution in [-0.2, 0) is 5.75 Å². The van der Waals surface area contributed by atoms with E-state index in [0.29, 0.717) is 11.3 Å². The molecule has 1 aromatic carbocycles. The Morgan fingerprint density at radius 2 is 2.00 bits per heavy atom. The molecule has 2 atom stereocenters. The largest absolute Gasteiger partial charge is 0.394 e. The molecular weight excluding hydrogens is 324 g/mol. The monoisotopic (exact) mass is 346 g/mol. The zero-order valence-electron chi connectivity index (χ0n) is 13.6. The van der Waals surface area contributed by atoms with Crippen molar-refractivity contribution in [3.63, 3.8) is 0 Å². The van der Waals surface area contributed by atoms with Crippen molar-refractivity contribution >= 4 is 17.7 Å². The van der Waals surface area contributed by atoms with Crippen LogP contribution in [-0.4, -0.2) is 39.5 Å². The van der Waals surface area contributed by atoms with E-state index in [0.717, 1.165) is 17.1 Å². The van der Waals surface area contributed by atoms with Crippen molar-refractivity contribution in [1.29, 1.82) is 0 Å². The quantitative estimate of drug-likeness (QED) is 0.682. The SMILES string of the molecule is CCSCc1ccc(C(=O)N[C@@H](CO)[C@@H](O)c2ccccn2)cc1. The lowest BCUT2D eigenvalue weighted by molar-refractivity contribution is 0.0688. The molecule has 1 heterocycles. The standard InChI is InChI=1S/C18H22N2O3S/c1-2-24-12-13-6-8-14(9-7-13)18(23)20-16(11-21)17(22)15-5-3-4-10-19-15/h3-10,16-17,21-22H,2,11-12H2,1H3,(H,20,23)/t16-,17-/m0/s1. The zero-order chi connectivity index (χ0) is 17.4. The average Bonchev–Trinajstić information content (AvgIpc) is 2.64. The number of amides is 1. The van der Waals surface area contributed by atoms with Gasteiger partial charge in [0, 0.05) is 17.5 Å². The van der Waals surface area contributed by atoms with Crippen molar-refractivity contribution in [2.75, 3.05) is 12.4 Å². The summed E-state index contributed by atoms with van der Waals surface area (Å²) in [4.78, 5) is 16.4. The fourth-order valence-corrected chi connectivity index (χ4v) is 2.84. The minimum atomic E-state index is -1.07. The van der Waals surface area contributed by atoms with Gasteiger partial charge in [-0.15, -0.1) is 0 Å². The van der Waals surface area contributed by atoms with E-state index >= 15 is 0 Å². The molecule has 0 aliphatic carbocycles. The Bertz CT molecular complexity index is 634. The van der Waals surface area contributed by atoms with Crippen molar-refractivity contribution in [3.8, 4) is 0 Å². The highest BCUT2D eigenvalue weighted by atomic mass is 32.2. The Morgan fingerprint density at radius 1 is 1.25 bits per heavy atom. The Balaban J connectivity index is 2.01. The lowest BCUT2D eigenvalue weighted by Crippen LogP contribution is -2.42. The topological polar surface area (TPSA) is 82.5 Å². The minimum Gasteiger partial charge on any atom is -0.394 e. The number of hydrogen-bond acceptors (Lipinski definition) is 5. The van der Waals surface area contributed by atoms with Crippen molar-refractivity contribution < 1.29 is 15.0 Å². The van der Waals surface area contributed by atoms with Crippen LogP contribution >= 0.6 is 11.8 Å². The van der Waals surface area contributed by atoms with E-state index < -0.39 is 12.1 Å². The third-order valence-corrected chi connectivity index (χ3v) is 4.52. The number of benzene rings is 1. The summed E-state index contributed by atoms with van der Waals surface area (Å²) in [6, 6.07) is 11.7. The number of carbonyl (C=O) groups is 1. The first-order chi connectivity index (χ1) is 11.7. The average molecular weight is 346 g/mol. The Labute approximate surface area is 146 Å². The number of nitrogens with one attached hydrogen (secondary N) is 1. The molecule has 128 valence electrons. The first-order valence-corrected chi connectivity index (χ1v) is 8.98. The molecule has 0 unspecified atom stereocenters. The number of hydrogen-bond donors (Lipinski definition) is 3. The van der Waals surface area contributed by atoms with E-state index in [4.69, 9.17) is 0 Å². The lowest BCUT2D eigenvalue weighted by atomic mass is 10.1. The van der Waals surface area contributed by atoms with Gasteiger partial charge in [0.2, 0.25) is 0 Å². The summed E-state index contributed by atoms with van der Waals surface area (Å²) < 4.78 is 0. The first-order valence-electron chi connectivity index (χ1n) is 7.83. The van der Waals surface area contributed by atoms with E-state index in [1.54, 1.807) is 36.5 Å². The van der Waals surface area contributed by atoms with E-state index in [2.05, 4.69) is 17.2 Å². The maximum atomic E-state index is 12.3. The van der Waals surface area contributed by atoms with Crippen LogP contribution in [0.15, 0.2) is 48.7 Å². The molecule has 24 heavy (non-hydrogen) atoms. The van der Waals surface area contributed by atoms with Crippen molar-refractivity contribution in [1.82, 2.24) is 10.3 Å². The number of pyridine rings is 1. The van der Waals surface area contributed by atoms with E-state index in [-0.39, 0.29) is 12.5 Å². The molecule has 5 nitrogen and oxygen atoms in total. The highest BCUT2D eigenvalue weighted by Crippen LogP contribution is 2.16. The van der Waals surface area contributed by atoms with Crippen LogP contribution in [0, 0.1) is 0 Å². The van der Waals surface area contributed by atoms with Gasteiger partial charge in [0.25, 0.3) is 5.91 Å². The predicted octanol–water partition coefficient (Wildman–Crippen LogP) is 2.16. The van der Waals surface area contributed by atoms with E-state index in [1.807, 2.05) is 23.9 Å². The fourth-order valence-electron chi connectivity index (χ4n) is 2.21. The van der Waals surface area contributed by atoms with Crippen molar-refractivity contribution in [2.24, 2.45) is 0 Å². The second-order valence-corrected chi connectivity index (χ2v) is 6.57. The van der Waals surface area contributed by atoms with Crippen molar-refractivity contribution in [3.05, 3.63) is 65.5 Å². The maximum Gasteiger partial charge on any atom is 0.251 e. The Morgan fingerprint density at radius 3 is 2.58 bits per heavy atom. The number of aromatic nitrogens is 1. The highest BCUT2D eigenvalue weighted by Gasteiger charge is 2.23. The van der Waals surface area contributed by atoms with Gasteiger partial charge in [0.15, 0.2) is 0 Å². The molecule has 0 bridgehead atoms. The number of thioether (sulfide) groups is 1. The summed E-state index contributed by atoms with van der Waals surface area (Å²) in [5.41, 5.74) is 2.06. The molecule has 0 saturated carbocycles. The van der Waals surface area contributed by atoms with Crippen LogP contribution < -0.4 is 5.32 Å². The van der Waals surface area contributed by atoms with Gasteiger partial charge in [-0.05, 0) is 35.6 Å². The molecule has 2 aromatic rings. The first kappa shape index (κ1) is 18.4. The highest BCUT2D eigenvalue weighted by molar-refractivity contribution is 7.98. The summed E-state index contributed by atoms with van der Waals surface area (Å²) >= 11 is 1.82. The number of carbonyl (C=O) groups excluding carboxylic acids is 1. The molecule has 0 saturated heterocycles. The van der Waals surface area contributed by atoms with Gasteiger partial charge in [-0.1, -0.05) is 25.1 Å². The molecule has 0 spiro atoms. The zero-order valence-corrected chi connectivity index (χ0v) is 14.4. The van der Waals surface area contributed by atoms with Crippen LogP contribution in [0.3, 0.4) is 0 Å². The Kier molecular flexibility index (Phi) is 7.24. The normalized spacial score (nSPS) is 13.3. The molecule has 1 amide bonds. The second-order valence-electron chi connectivity index (χ2n) is 5.30. The molecular formula is C18H22N2O3S. The molecule has 1 aromatic heterocycles. The smallest absolute Gasteiger partial charge is 0.251 e. The van der Waals surface area contributed by atoms with Crippen LogP contribution in [0.2, 0.25) is 0 Å². The van der Waals surface area contributed by atoms with Crippen LogP contribution in [0.5, 0.6) is 0 Å². The van der Waals surface area contributed by atoms with Gasteiger partial charge in [0.1, 0.15) is 6.10 Å². The molecule has 0 radical (unpaired) electrons. The number of aliphatic hydroxyl groups excluding tert-OH is 2. The minimum absolute atomic E-state index is 0.335. The van der Waals surface area contributed by atoms with Crippen molar-refractivity contribution in [2.45, 2.75) is 24.8 Å². The molecule has 0 aliphatic rings. The van der Waals surface area contributed by atoms with Gasteiger partial charge >= 0.3 is 0 Å². The predicted molar refractivity (Wildman–Crippen MR) is 95.8 cm³/mol. The van der Waals surface area contributed by atoms with Gasteiger partial charge in [-0.2, -0.15) is 11.8 Å². The second kappa shape index (κ2) is 9.42. The third-order valence-electron chi connectivity index (χ3n) is 3.57. The summed E-state index contributed by atoms with van der Waals surface area (Å²) in [7, 11) is 0. The van der Waals surface area contributed by atoms with Crippen LogP contribution in [0.1, 0.15) is 34.6 Å². The van der Waals surface area contributed by atoms with Gasteiger partial charge in [-0.3, -0.25) is 9.78 Å². The number of aliphatic hydroxyl groups is 2. The fraction of sp³-hybridized carbons (Fsp3) is 0.333. The van der Waals surface area contributed by atoms with Crippen LogP contribution in [0.4, 0.5) is 0 Å². The molecule has 2 rings (SSSR count). The lowest BCUT2D eigenvalue weighted by Gasteiger charge is -2.22. The number of rotatable bonds is 8. The number of nitrogens with zero attached hydrogens (tertiary/aromatic N) is 1. The summed E-state index contributed by atoms with van der Waals surface area (Å²) in [5.74, 6) is 1.63. The Hall–Kier alpha value is -1.89. The molecule has 3 N–H and O–H groups in total. The van der Waals surface area contributed by atoms with Gasteiger partial charge < -0.3 is 15.5 Å². The summed E-state index contributed by atoms with van der Waals surface area (Å²) in [6.07, 6.45) is 0.488. The summed E-state index contributed by atoms with van der Waals surface area (Å²) in [6.45, 7) is 1.73. The molecule has 0 aliphatic heterocycles. The maximum absolute atomic E-state index is 12.3. The van der Waals surface area contributed by atoms with Crippen LogP contribution in [0.25, 0.3) is 0 Å². The molecule has 0 fully saturated rings. The van der Waals surface area contributed by atoms with Gasteiger partial charge in [0.05, 0.1) is 18.3 Å². The van der Waals surface area contributed by atoms with Gasteiger partial charge in [-0.25, -0.2) is 0 Å². The summed E-state index contributed by atoms with van der Waals surface area (Å²) in [5, 5.41) is 22.4. The third kappa shape index (κ3) is 5.06. The molecule has 6 heteroatoms. The van der Waals surface area contributed by atoms with E-state index in [1.165, 1.54) is 0 Å².